The van der Waals surface area contributed by atoms with Crippen LogP contribution in [0.25, 0.3) is 0 Å². The first-order chi connectivity index (χ1) is 14.3. The Bertz CT molecular complexity index is 1170. The molecule has 3 N–H and O–H groups in total. The third-order valence-corrected chi connectivity index (χ3v) is 6.53. The summed E-state index contributed by atoms with van der Waals surface area (Å²) in [5, 5.41) is 19.0. The van der Waals surface area contributed by atoms with Gasteiger partial charge in [0.05, 0.1) is 18.0 Å². The Labute approximate surface area is 182 Å². The van der Waals surface area contributed by atoms with Crippen LogP contribution >= 0.6 is 0 Å². The van der Waals surface area contributed by atoms with Crippen LogP contribution in [0.15, 0.2) is 24.3 Å². The minimum atomic E-state index is -3.65. The van der Waals surface area contributed by atoms with E-state index in [0.717, 1.165) is 11.3 Å². The highest BCUT2D eigenvalue weighted by atomic mass is 32.2. The lowest BCUT2D eigenvalue weighted by Crippen LogP contribution is -2.30. The molecule has 0 amide bonds. The lowest BCUT2D eigenvalue weighted by molar-refractivity contribution is 0.0962. The quantitative estimate of drug-likeness (QED) is 0.464. The van der Waals surface area contributed by atoms with Crippen molar-refractivity contribution in [2.24, 2.45) is 0 Å². The Morgan fingerprint density at radius 1 is 1.29 bits per heavy atom. The number of carbonyl (C=O) groups is 1. The normalized spacial score (nSPS) is 14.0. The van der Waals surface area contributed by atoms with Gasteiger partial charge in [0.2, 0.25) is 10.0 Å². The maximum Gasteiger partial charge on any atom is 0.232 e. The molecule has 0 saturated heterocycles. The number of amidine groups is 1. The Morgan fingerprint density at radius 2 is 1.97 bits per heavy atom. The van der Waals surface area contributed by atoms with Crippen LogP contribution in [0.2, 0.25) is 0 Å². The standard InChI is InChI=1S/C22H28N4O4S/c1-6-31(29,30)25-17-10-15(9-16(20(17)28)22(3,4)5)18(27)12-26-11-14-8-7-13(2)24-19(14)21(26)23/h7-10,23,25,28H,6,11-12H2,1-5H3. The summed E-state index contributed by atoms with van der Waals surface area (Å²) in [6, 6.07) is 6.73. The summed E-state index contributed by atoms with van der Waals surface area (Å²) in [5.41, 5.74) is 2.46. The summed E-state index contributed by atoms with van der Waals surface area (Å²) in [6.45, 7) is 9.31. The molecule has 1 aliphatic heterocycles. The first-order valence-corrected chi connectivity index (χ1v) is 11.7. The summed E-state index contributed by atoms with van der Waals surface area (Å²) < 4.78 is 26.5. The van der Waals surface area contributed by atoms with Crippen molar-refractivity contribution in [1.82, 2.24) is 9.88 Å². The number of carbonyl (C=O) groups excluding carboxylic acids is 1. The van der Waals surface area contributed by atoms with Gasteiger partial charge in [0.25, 0.3) is 0 Å². The van der Waals surface area contributed by atoms with Crippen LogP contribution in [0.3, 0.4) is 0 Å². The number of phenols is 1. The van der Waals surface area contributed by atoms with E-state index in [2.05, 4.69) is 9.71 Å². The van der Waals surface area contributed by atoms with Gasteiger partial charge >= 0.3 is 0 Å². The van der Waals surface area contributed by atoms with E-state index in [1.54, 1.807) is 11.0 Å². The second kappa shape index (κ2) is 7.96. The number of nitrogens with one attached hydrogen (secondary N) is 2. The Kier molecular flexibility index (Phi) is 5.84. The Balaban J connectivity index is 1.94. The molecule has 1 aromatic carbocycles. The van der Waals surface area contributed by atoms with Gasteiger partial charge in [-0.05, 0) is 37.5 Å². The number of sulfonamides is 1. The zero-order valence-corrected chi connectivity index (χ0v) is 19.2. The number of rotatable bonds is 6. The minimum absolute atomic E-state index is 0.0188. The molecule has 0 fully saturated rings. The van der Waals surface area contributed by atoms with Gasteiger partial charge in [0.15, 0.2) is 5.78 Å². The molecule has 8 nitrogen and oxygen atoms in total. The average molecular weight is 445 g/mol. The molecular formula is C22H28N4O4S. The van der Waals surface area contributed by atoms with E-state index in [9.17, 15) is 18.3 Å². The molecule has 2 aromatic rings. The van der Waals surface area contributed by atoms with E-state index in [1.807, 2.05) is 39.8 Å². The number of Topliss-reactive ketones (excluding diaryl/α,β-unsaturated/α-hetero) is 1. The van der Waals surface area contributed by atoms with Crippen molar-refractivity contribution in [2.45, 2.75) is 46.6 Å². The van der Waals surface area contributed by atoms with Crippen LogP contribution < -0.4 is 4.72 Å². The molecule has 0 unspecified atom stereocenters. The molecule has 0 radical (unpaired) electrons. The number of hydrogen-bond donors (Lipinski definition) is 3. The van der Waals surface area contributed by atoms with Crippen molar-refractivity contribution >= 4 is 27.3 Å². The molecular weight excluding hydrogens is 416 g/mol. The number of pyridine rings is 1. The van der Waals surface area contributed by atoms with Gasteiger partial charge in [-0.1, -0.05) is 26.8 Å². The molecule has 1 aliphatic rings. The molecule has 3 rings (SSSR count). The van der Waals surface area contributed by atoms with Gasteiger partial charge in [0, 0.05) is 28.9 Å². The van der Waals surface area contributed by atoms with Crippen molar-refractivity contribution in [3.8, 4) is 5.75 Å². The third kappa shape index (κ3) is 4.71. The van der Waals surface area contributed by atoms with E-state index in [-0.39, 0.29) is 40.9 Å². The van der Waals surface area contributed by atoms with E-state index in [4.69, 9.17) is 5.41 Å². The highest BCUT2D eigenvalue weighted by Crippen LogP contribution is 2.38. The van der Waals surface area contributed by atoms with E-state index in [1.165, 1.54) is 13.0 Å². The van der Waals surface area contributed by atoms with Crippen LogP contribution in [0.4, 0.5) is 5.69 Å². The predicted molar refractivity (Wildman–Crippen MR) is 120 cm³/mol. The average Bonchev–Trinajstić information content (AvgIpc) is 2.97. The molecule has 2 heterocycles. The Hall–Kier alpha value is -2.94. The number of hydrogen-bond acceptors (Lipinski definition) is 6. The van der Waals surface area contributed by atoms with E-state index in [0.29, 0.717) is 17.8 Å². The molecule has 0 spiro atoms. The number of aromatic nitrogens is 1. The number of aryl methyl sites for hydroxylation is 1. The fourth-order valence-electron chi connectivity index (χ4n) is 3.44. The molecule has 9 heteroatoms. The minimum Gasteiger partial charge on any atom is -0.505 e. The van der Waals surface area contributed by atoms with Crippen molar-refractivity contribution in [1.29, 1.82) is 5.41 Å². The number of nitrogens with zero attached hydrogens (tertiary/aromatic N) is 2. The zero-order valence-electron chi connectivity index (χ0n) is 18.4. The summed E-state index contributed by atoms with van der Waals surface area (Å²) in [6.07, 6.45) is 0. The zero-order chi connectivity index (χ0) is 23.1. The molecule has 0 bridgehead atoms. The number of ketones is 1. The van der Waals surface area contributed by atoms with Crippen LogP contribution in [-0.2, 0) is 22.0 Å². The lowest BCUT2D eigenvalue weighted by atomic mass is 9.84. The van der Waals surface area contributed by atoms with Crippen LogP contribution in [0.1, 0.15) is 60.6 Å². The van der Waals surface area contributed by atoms with Crippen molar-refractivity contribution in [2.75, 3.05) is 17.0 Å². The van der Waals surface area contributed by atoms with Gasteiger partial charge in [-0.15, -0.1) is 0 Å². The fourth-order valence-corrected chi connectivity index (χ4v) is 4.07. The molecule has 0 aliphatic carbocycles. The van der Waals surface area contributed by atoms with Gasteiger partial charge in [0.1, 0.15) is 17.3 Å². The van der Waals surface area contributed by atoms with E-state index < -0.39 is 15.4 Å². The monoisotopic (exact) mass is 444 g/mol. The van der Waals surface area contributed by atoms with E-state index >= 15 is 0 Å². The van der Waals surface area contributed by atoms with Crippen LogP contribution in [0.5, 0.6) is 5.75 Å². The second-order valence-electron chi connectivity index (χ2n) is 8.76. The topological polar surface area (TPSA) is 123 Å². The highest BCUT2D eigenvalue weighted by molar-refractivity contribution is 7.92. The summed E-state index contributed by atoms with van der Waals surface area (Å²) >= 11 is 0. The SMILES string of the molecule is CCS(=O)(=O)Nc1cc(C(=O)CN2Cc3ccc(C)nc3C2=N)cc(C(C)(C)C)c1O. The number of fused-ring (bicyclic) bond motifs is 1. The van der Waals surface area contributed by atoms with Crippen molar-refractivity contribution < 1.29 is 18.3 Å². The molecule has 0 saturated carbocycles. The summed E-state index contributed by atoms with van der Waals surface area (Å²) in [7, 11) is -3.65. The van der Waals surface area contributed by atoms with Crippen LogP contribution in [-0.4, -0.2) is 47.3 Å². The number of aromatic hydroxyl groups is 1. The van der Waals surface area contributed by atoms with Crippen molar-refractivity contribution in [3.63, 3.8) is 0 Å². The first kappa shape index (κ1) is 22.7. The lowest BCUT2D eigenvalue weighted by Gasteiger charge is -2.24. The third-order valence-electron chi connectivity index (χ3n) is 5.24. The molecule has 0 atom stereocenters. The predicted octanol–water partition coefficient (Wildman–Crippen LogP) is 3.18. The second-order valence-corrected chi connectivity index (χ2v) is 10.8. The summed E-state index contributed by atoms with van der Waals surface area (Å²) in [4.78, 5) is 19.2. The van der Waals surface area contributed by atoms with Gasteiger partial charge in [-0.2, -0.15) is 0 Å². The first-order valence-electron chi connectivity index (χ1n) is 10.0. The fraction of sp³-hybridized carbons (Fsp3) is 0.409. The van der Waals surface area contributed by atoms with Crippen LogP contribution in [0, 0.1) is 12.3 Å². The van der Waals surface area contributed by atoms with Gasteiger partial charge < -0.3 is 10.0 Å². The van der Waals surface area contributed by atoms with Gasteiger partial charge in [-0.25, -0.2) is 13.4 Å². The Morgan fingerprint density at radius 3 is 2.58 bits per heavy atom. The largest absolute Gasteiger partial charge is 0.505 e. The highest BCUT2D eigenvalue weighted by Gasteiger charge is 2.29. The number of anilines is 1. The van der Waals surface area contributed by atoms with Gasteiger partial charge in [-0.3, -0.25) is 14.9 Å². The summed E-state index contributed by atoms with van der Waals surface area (Å²) in [5.74, 6) is -0.446. The maximum absolute atomic E-state index is 13.1. The van der Waals surface area contributed by atoms with Crippen molar-refractivity contribution in [3.05, 3.63) is 52.3 Å². The molecule has 31 heavy (non-hydrogen) atoms. The number of benzene rings is 1. The number of phenolic OH excluding ortho intramolecular Hbond substituents is 1. The molecule has 166 valence electrons. The maximum atomic E-state index is 13.1. The molecule has 1 aromatic heterocycles. The smallest absolute Gasteiger partial charge is 0.232 e.